The molecule has 2 aromatic carbocycles. The Kier molecular flexibility index (Phi) is 4.75. The van der Waals surface area contributed by atoms with Gasteiger partial charge in [0.25, 0.3) is 0 Å². The molecule has 0 aliphatic carbocycles. The number of ether oxygens (including phenoxy) is 2. The Morgan fingerprint density at radius 1 is 0.913 bits per heavy atom. The van der Waals surface area contributed by atoms with E-state index in [1.54, 1.807) is 12.1 Å². The zero-order chi connectivity index (χ0) is 17.0. The summed E-state index contributed by atoms with van der Waals surface area (Å²) in [5.41, 5.74) is 1.46. The molecule has 6 heteroatoms. The zero-order valence-electron chi connectivity index (χ0n) is 12.6. The summed E-state index contributed by atoms with van der Waals surface area (Å²) in [6.45, 7) is 0. The van der Waals surface area contributed by atoms with Crippen molar-refractivity contribution >= 4 is 11.5 Å². The van der Waals surface area contributed by atoms with Crippen LogP contribution in [0, 0.1) is 0 Å². The van der Waals surface area contributed by atoms with Crippen molar-refractivity contribution in [2.45, 2.75) is 0 Å². The average Bonchev–Trinajstić information content (AvgIpc) is 2.53. The molecule has 0 aliphatic heterocycles. The quantitative estimate of drug-likeness (QED) is 0.734. The third kappa shape index (κ3) is 3.55. The van der Waals surface area contributed by atoms with Crippen molar-refractivity contribution in [2.24, 2.45) is 0 Å². The number of rotatable bonds is 5. The molecule has 0 saturated heterocycles. The summed E-state index contributed by atoms with van der Waals surface area (Å²) >= 11 is 0. The lowest BCUT2D eigenvalue weighted by atomic mass is 9.96. The highest BCUT2D eigenvalue weighted by Crippen LogP contribution is 2.35. The number of phenolic OH excluding ortho intramolecular Hbond substituents is 2. The normalized spacial score (nSPS) is 10.0. The number of aliphatic carboxylic acids is 1. The lowest BCUT2D eigenvalue weighted by Crippen LogP contribution is -1.96. The Labute approximate surface area is 132 Å². The number of hydrogen-bond acceptors (Lipinski definition) is 5. The van der Waals surface area contributed by atoms with Crippen LogP contribution >= 0.6 is 0 Å². The van der Waals surface area contributed by atoms with Crippen molar-refractivity contribution in [3.8, 4) is 23.0 Å². The number of carboxylic acids is 1. The molecular weight excluding hydrogens is 300 g/mol. The number of phenols is 2. The summed E-state index contributed by atoms with van der Waals surface area (Å²) in [5, 5.41) is 28.5. The van der Waals surface area contributed by atoms with E-state index in [2.05, 4.69) is 0 Å². The number of carbonyl (C=O) groups is 1. The van der Waals surface area contributed by atoms with Gasteiger partial charge in [0, 0.05) is 6.08 Å². The number of carboxylic acid groups (broad SMARTS) is 1. The third-order valence-electron chi connectivity index (χ3n) is 3.25. The van der Waals surface area contributed by atoms with E-state index in [1.807, 2.05) is 0 Å². The molecule has 0 bridgehead atoms. The molecule has 0 fully saturated rings. The molecule has 0 heterocycles. The molecule has 0 atom stereocenters. The highest BCUT2D eigenvalue weighted by atomic mass is 16.5. The summed E-state index contributed by atoms with van der Waals surface area (Å²) in [6.07, 6.45) is 1.04. The predicted molar refractivity (Wildman–Crippen MR) is 84.0 cm³/mol. The van der Waals surface area contributed by atoms with Crippen LogP contribution in [0.5, 0.6) is 23.0 Å². The standard InChI is InChI=1S/C17H16O6/c1-22-15-7-10(3-5-13(15)18)12(9-17(20)21)11-4-6-14(19)16(8-11)23-2/h3-9,18-19H,1-2H3,(H,20,21). The third-order valence-corrected chi connectivity index (χ3v) is 3.25. The molecule has 0 aliphatic rings. The monoisotopic (exact) mass is 316 g/mol. The maximum atomic E-state index is 11.2. The minimum absolute atomic E-state index is 0.0470. The SMILES string of the molecule is COc1cc(C(=CC(=O)O)c2ccc(O)c(OC)c2)ccc1O. The van der Waals surface area contributed by atoms with Gasteiger partial charge in [-0.1, -0.05) is 12.1 Å². The van der Waals surface area contributed by atoms with Gasteiger partial charge < -0.3 is 24.8 Å². The largest absolute Gasteiger partial charge is 0.504 e. The maximum Gasteiger partial charge on any atom is 0.328 e. The molecule has 0 aromatic heterocycles. The average molecular weight is 316 g/mol. The van der Waals surface area contributed by atoms with Crippen LogP contribution in [0.2, 0.25) is 0 Å². The van der Waals surface area contributed by atoms with Gasteiger partial charge in [0.15, 0.2) is 23.0 Å². The van der Waals surface area contributed by atoms with Crippen LogP contribution in [0.15, 0.2) is 42.5 Å². The molecule has 0 radical (unpaired) electrons. The highest BCUT2D eigenvalue weighted by molar-refractivity contribution is 5.95. The molecule has 3 N–H and O–H groups in total. The van der Waals surface area contributed by atoms with E-state index in [1.165, 1.54) is 38.5 Å². The van der Waals surface area contributed by atoms with E-state index in [0.29, 0.717) is 16.7 Å². The van der Waals surface area contributed by atoms with Gasteiger partial charge in [0.05, 0.1) is 14.2 Å². The second-order valence-corrected chi connectivity index (χ2v) is 4.67. The summed E-state index contributed by atoms with van der Waals surface area (Å²) in [7, 11) is 2.81. The van der Waals surface area contributed by atoms with Crippen LogP contribution in [-0.4, -0.2) is 35.5 Å². The maximum absolute atomic E-state index is 11.2. The van der Waals surface area contributed by atoms with Crippen molar-refractivity contribution in [3.05, 3.63) is 53.6 Å². The molecule has 0 spiro atoms. The topological polar surface area (TPSA) is 96.2 Å². The molecule has 2 aromatic rings. The van der Waals surface area contributed by atoms with Gasteiger partial charge in [-0.2, -0.15) is 0 Å². The molecule has 120 valence electrons. The summed E-state index contributed by atoms with van der Waals surface area (Å²) in [6, 6.07) is 9.05. The first-order chi connectivity index (χ1) is 11.0. The van der Waals surface area contributed by atoms with Gasteiger partial charge in [-0.3, -0.25) is 0 Å². The minimum Gasteiger partial charge on any atom is -0.504 e. The molecular formula is C17H16O6. The van der Waals surface area contributed by atoms with E-state index in [4.69, 9.17) is 14.6 Å². The van der Waals surface area contributed by atoms with Gasteiger partial charge in [0.2, 0.25) is 0 Å². The van der Waals surface area contributed by atoms with Crippen LogP contribution in [0.1, 0.15) is 11.1 Å². The number of methoxy groups -OCH3 is 2. The second kappa shape index (κ2) is 6.74. The van der Waals surface area contributed by atoms with Gasteiger partial charge in [-0.15, -0.1) is 0 Å². The van der Waals surface area contributed by atoms with E-state index in [0.717, 1.165) is 6.08 Å². The second-order valence-electron chi connectivity index (χ2n) is 4.67. The lowest BCUT2D eigenvalue weighted by molar-refractivity contribution is -0.131. The van der Waals surface area contributed by atoms with E-state index in [-0.39, 0.29) is 23.0 Å². The van der Waals surface area contributed by atoms with Crippen molar-refractivity contribution in [3.63, 3.8) is 0 Å². The van der Waals surface area contributed by atoms with E-state index in [9.17, 15) is 15.0 Å². The number of hydrogen-bond donors (Lipinski definition) is 3. The van der Waals surface area contributed by atoms with Crippen molar-refractivity contribution < 1.29 is 29.6 Å². The first kappa shape index (κ1) is 16.2. The Balaban J connectivity index is 2.61. The smallest absolute Gasteiger partial charge is 0.328 e. The lowest BCUT2D eigenvalue weighted by Gasteiger charge is -2.12. The minimum atomic E-state index is -1.13. The fourth-order valence-corrected chi connectivity index (χ4v) is 2.15. The van der Waals surface area contributed by atoms with Crippen LogP contribution in [0.3, 0.4) is 0 Å². The Morgan fingerprint density at radius 2 is 1.35 bits per heavy atom. The Bertz CT molecular complexity index is 708. The van der Waals surface area contributed by atoms with Crippen molar-refractivity contribution in [2.75, 3.05) is 14.2 Å². The molecule has 0 unspecified atom stereocenters. The molecule has 23 heavy (non-hydrogen) atoms. The number of aromatic hydroxyl groups is 2. The fraction of sp³-hybridized carbons (Fsp3) is 0.118. The summed E-state index contributed by atoms with van der Waals surface area (Å²) in [4.78, 5) is 11.2. The van der Waals surface area contributed by atoms with E-state index < -0.39 is 5.97 Å². The predicted octanol–water partition coefficient (Wildman–Crippen LogP) is 2.63. The zero-order valence-corrected chi connectivity index (χ0v) is 12.6. The molecule has 6 nitrogen and oxygen atoms in total. The van der Waals surface area contributed by atoms with Crippen molar-refractivity contribution in [1.82, 2.24) is 0 Å². The fourth-order valence-electron chi connectivity index (χ4n) is 2.15. The highest BCUT2D eigenvalue weighted by Gasteiger charge is 2.13. The summed E-state index contributed by atoms with van der Waals surface area (Å²) < 4.78 is 10.1. The number of benzene rings is 2. The van der Waals surface area contributed by atoms with Crippen LogP contribution in [-0.2, 0) is 4.79 Å². The molecule has 0 saturated carbocycles. The van der Waals surface area contributed by atoms with Crippen LogP contribution in [0.4, 0.5) is 0 Å². The Hall–Kier alpha value is -3.15. The van der Waals surface area contributed by atoms with E-state index >= 15 is 0 Å². The molecule has 2 rings (SSSR count). The van der Waals surface area contributed by atoms with Gasteiger partial charge >= 0.3 is 5.97 Å². The van der Waals surface area contributed by atoms with Gasteiger partial charge in [0.1, 0.15) is 0 Å². The van der Waals surface area contributed by atoms with Gasteiger partial charge in [-0.05, 0) is 41.0 Å². The van der Waals surface area contributed by atoms with Crippen LogP contribution in [0.25, 0.3) is 5.57 Å². The first-order valence-corrected chi connectivity index (χ1v) is 6.65. The first-order valence-electron chi connectivity index (χ1n) is 6.65. The van der Waals surface area contributed by atoms with Crippen LogP contribution < -0.4 is 9.47 Å². The van der Waals surface area contributed by atoms with Gasteiger partial charge in [-0.25, -0.2) is 4.79 Å². The Morgan fingerprint density at radius 3 is 1.70 bits per heavy atom. The molecule has 0 amide bonds. The van der Waals surface area contributed by atoms with Crippen molar-refractivity contribution in [1.29, 1.82) is 0 Å². The summed E-state index contributed by atoms with van der Waals surface area (Å²) in [5.74, 6) is -0.767.